The van der Waals surface area contributed by atoms with Crippen molar-refractivity contribution in [3.63, 3.8) is 0 Å². The highest BCUT2D eigenvalue weighted by molar-refractivity contribution is 5.86. The molecule has 2 atom stereocenters. The number of nitrogens with two attached hydrogens (primary N) is 2. The standard InChI is InChI=1S/C15H22N4O4/c16-15(17)18-8-4-7-12(20)13(21)19-11(14(22)23)9-10-5-2-1-3-6-10/h1-3,5-6,11-12,20H,4,7-9H2,(H,19,21)(H,22,23)(H4,16,17,18)/t11-,12-/m1/s1. The Balaban J connectivity index is 2.50. The summed E-state index contributed by atoms with van der Waals surface area (Å²) in [5.74, 6) is -1.94. The van der Waals surface area contributed by atoms with E-state index in [-0.39, 0.29) is 18.8 Å². The van der Waals surface area contributed by atoms with Crippen LogP contribution in [0.15, 0.2) is 35.3 Å². The average molecular weight is 322 g/mol. The zero-order chi connectivity index (χ0) is 17.2. The lowest BCUT2D eigenvalue weighted by Crippen LogP contribution is -2.46. The highest BCUT2D eigenvalue weighted by Crippen LogP contribution is 2.05. The molecule has 0 heterocycles. The molecule has 0 radical (unpaired) electrons. The summed E-state index contributed by atoms with van der Waals surface area (Å²) in [6.45, 7) is 0.291. The molecule has 0 aliphatic heterocycles. The predicted octanol–water partition coefficient (Wildman–Crippen LogP) is -0.787. The minimum absolute atomic E-state index is 0.0576. The molecular formula is C15H22N4O4. The van der Waals surface area contributed by atoms with E-state index in [4.69, 9.17) is 11.5 Å². The van der Waals surface area contributed by atoms with Gasteiger partial charge < -0.3 is 27.0 Å². The van der Waals surface area contributed by atoms with Gasteiger partial charge in [-0.25, -0.2) is 4.79 Å². The van der Waals surface area contributed by atoms with Crippen molar-refractivity contribution < 1.29 is 19.8 Å². The monoisotopic (exact) mass is 322 g/mol. The first kappa shape index (κ1) is 18.4. The summed E-state index contributed by atoms with van der Waals surface area (Å²) in [5.41, 5.74) is 11.1. The van der Waals surface area contributed by atoms with Crippen LogP contribution < -0.4 is 16.8 Å². The number of benzene rings is 1. The van der Waals surface area contributed by atoms with E-state index in [1.807, 2.05) is 6.07 Å². The minimum Gasteiger partial charge on any atom is -0.480 e. The van der Waals surface area contributed by atoms with Gasteiger partial charge >= 0.3 is 5.97 Å². The third-order valence-electron chi connectivity index (χ3n) is 3.13. The number of guanidine groups is 1. The molecule has 0 bridgehead atoms. The minimum atomic E-state index is -1.30. The Bertz CT molecular complexity index is 544. The van der Waals surface area contributed by atoms with Gasteiger partial charge in [-0.3, -0.25) is 9.79 Å². The molecule has 0 saturated carbocycles. The van der Waals surface area contributed by atoms with E-state index in [1.54, 1.807) is 24.3 Å². The number of carboxylic acid groups (broad SMARTS) is 1. The lowest BCUT2D eigenvalue weighted by Gasteiger charge is -2.17. The van der Waals surface area contributed by atoms with E-state index in [0.717, 1.165) is 5.56 Å². The Hall–Kier alpha value is -2.61. The summed E-state index contributed by atoms with van der Waals surface area (Å²) in [5, 5.41) is 21.3. The molecule has 0 aliphatic carbocycles. The van der Waals surface area contributed by atoms with E-state index >= 15 is 0 Å². The van der Waals surface area contributed by atoms with Gasteiger partial charge in [0.2, 0.25) is 5.91 Å². The number of aliphatic imine (C=N–C) groups is 1. The molecule has 126 valence electrons. The second-order valence-corrected chi connectivity index (χ2v) is 5.05. The first-order valence-electron chi connectivity index (χ1n) is 7.20. The fourth-order valence-electron chi connectivity index (χ4n) is 1.94. The lowest BCUT2D eigenvalue weighted by molar-refractivity contribution is -0.143. The number of aliphatic carboxylic acids is 1. The molecule has 1 amide bonds. The van der Waals surface area contributed by atoms with Gasteiger partial charge in [0, 0.05) is 13.0 Å². The zero-order valence-electron chi connectivity index (χ0n) is 12.7. The first-order chi connectivity index (χ1) is 10.9. The Labute approximate surface area is 134 Å². The topological polar surface area (TPSA) is 151 Å². The second-order valence-electron chi connectivity index (χ2n) is 5.05. The Morgan fingerprint density at radius 1 is 1.22 bits per heavy atom. The van der Waals surface area contributed by atoms with Crippen molar-refractivity contribution in [2.75, 3.05) is 6.54 Å². The van der Waals surface area contributed by atoms with Crippen LogP contribution in [0.1, 0.15) is 18.4 Å². The molecule has 0 aromatic heterocycles. The molecule has 23 heavy (non-hydrogen) atoms. The molecule has 8 nitrogen and oxygen atoms in total. The van der Waals surface area contributed by atoms with Crippen LogP contribution in [0.4, 0.5) is 0 Å². The molecule has 0 fully saturated rings. The largest absolute Gasteiger partial charge is 0.480 e. The van der Waals surface area contributed by atoms with Crippen LogP contribution in [-0.4, -0.2) is 46.7 Å². The molecule has 0 aliphatic rings. The van der Waals surface area contributed by atoms with Crippen LogP contribution in [0.3, 0.4) is 0 Å². The number of aliphatic hydroxyl groups excluding tert-OH is 1. The van der Waals surface area contributed by atoms with Crippen molar-refractivity contribution >= 4 is 17.8 Å². The Kier molecular flexibility index (Phi) is 7.55. The van der Waals surface area contributed by atoms with Crippen LogP contribution in [-0.2, 0) is 16.0 Å². The maximum Gasteiger partial charge on any atom is 0.326 e. The first-order valence-corrected chi connectivity index (χ1v) is 7.20. The fraction of sp³-hybridized carbons (Fsp3) is 0.400. The maximum absolute atomic E-state index is 11.9. The highest BCUT2D eigenvalue weighted by Gasteiger charge is 2.23. The number of aliphatic hydroxyl groups is 1. The number of nitrogens with one attached hydrogen (secondary N) is 1. The third-order valence-corrected chi connectivity index (χ3v) is 3.13. The highest BCUT2D eigenvalue weighted by atomic mass is 16.4. The average Bonchev–Trinajstić information content (AvgIpc) is 2.51. The molecule has 8 heteroatoms. The van der Waals surface area contributed by atoms with Crippen molar-refractivity contribution in [3.05, 3.63) is 35.9 Å². The summed E-state index contributed by atoms with van der Waals surface area (Å²) in [6, 6.07) is 7.83. The van der Waals surface area contributed by atoms with Gasteiger partial charge in [-0.05, 0) is 18.4 Å². The summed E-state index contributed by atoms with van der Waals surface area (Å²) >= 11 is 0. The number of rotatable bonds is 9. The predicted molar refractivity (Wildman–Crippen MR) is 85.6 cm³/mol. The molecule has 1 aromatic carbocycles. The normalized spacial score (nSPS) is 12.9. The number of amides is 1. The van der Waals surface area contributed by atoms with Crippen molar-refractivity contribution in [2.24, 2.45) is 16.5 Å². The summed E-state index contributed by atoms with van der Waals surface area (Å²) in [6.07, 6.45) is -0.618. The van der Waals surface area contributed by atoms with Gasteiger partial charge in [-0.1, -0.05) is 30.3 Å². The number of nitrogens with zero attached hydrogens (tertiary/aromatic N) is 1. The SMILES string of the molecule is NC(N)=NCCC[C@@H](O)C(=O)N[C@H](Cc1ccccc1)C(=O)O. The molecule has 0 saturated heterocycles. The van der Waals surface area contributed by atoms with Gasteiger partial charge in [0.15, 0.2) is 5.96 Å². The van der Waals surface area contributed by atoms with Gasteiger partial charge in [0.25, 0.3) is 0 Å². The molecule has 1 aromatic rings. The summed E-state index contributed by atoms with van der Waals surface area (Å²) in [4.78, 5) is 26.9. The van der Waals surface area contributed by atoms with E-state index < -0.39 is 24.0 Å². The van der Waals surface area contributed by atoms with Crippen LogP contribution >= 0.6 is 0 Å². The van der Waals surface area contributed by atoms with Gasteiger partial charge in [-0.2, -0.15) is 0 Å². The quantitative estimate of drug-likeness (QED) is 0.228. The van der Waals surface area contributed by atoms with Gasteiger partial charge in [0.05, 0.1) is 0 Å². The van der Waals surface area contributed by atoms with Crippen molar-refractivity contribution in [1.29, 1.82) is 0 Å². The van der Waals surface area contributed by atoms with E-state index in [2.05, 4.69) is 10.3 Å². The van der Waals surface area contributed by atoms with Gasteiger partial charge in [0.1, 0.15) is 12.1 Å². The number of carbonyl (C=O) groups excluding carboxylic acids is 1. The van der Waals surface area contributed by atoms with E-state index in [9.17, 15) is 19.8 Å². The van der Waals surface area contributed by atoms with Crippen molar-refractivity contribution in [1.82, 2.24) is 5.32 Å². The third kappa shape index (κ3) is 7.28. The summed E-state index contributed by atoms with van der Waals surface area (Å²) in [7, 11) is 0. The lowest BCUT2D eigenvalue weighted by atomic mass is 10.1. The summed E-state index contributed by atoms with van der Waals surface area (Å²) < 4.78 is 0. The van der Waals surface area contributed by atoms with Crippen LogP contribution in [0, 0.1) is 0 Å². The molecule has 7 N–H and O–H groups in total. The molecular weight excluding hydrogens is 300 g/mol. The molecule has 0 unspecified atom stereocenters. The van der Waals surface area contributed by atoms with Crippen molar-refractivity contribution in [2.45, 2.75) is 31.4 Å². The maximum atomic E-state index is 11.9. The number of hydrogen-bond acceptors (Lipinski definition) is 4. The zero-order valence-corrected chi connectivity index (χ0v) is 12.7. The van der Waals surface area contributed by atoms with E-state index in [0.29, 0.717) is 13.0 Å². The number of hydrogen-bond donors (Lipinski definition) is 5. The fourth-order valence-corrected chi connectivity index (χ4v) is 1.94. The van der Waals surface area contributed by atoms with Crippen LogP contribution in [0.2, 0.25) is 0 Å². The second kappa shape index (κ2) is 9.42. The molecule has 0 spiro atoms. The van der Waals surface area contributed by atoms with Crippen LogP contribution in [0.5, 0.6) is 0 Å². The Morgan fingerprint density at radius 3 is 2.43 bits per heavy atom. The molecule has 1 rings (SSSR count). The van der Waals surface area contributed by atoms with E-state index in [1.165, 1.54) is 0 Å². The number of carboxylic acids is 1. The van der Waals surface area contributed by atoms with Crippen LogP contribution in [0.25, 0.3) is 0 Å². The number of carbonyl (C=O) groups is 2. The smallest absolute Gasteiger partial charge is 0.326 e. The van der Waals surface area contributed by atoms with Gasteiger partial charge in [-0.15, -0.1) is 0 Å². The van der Waals surface area contributed by atoms with Crippen molar-refractivity contribution in [3.8, 4) is 0 Å². The Morgan fingerprint density at radius 2 is 1.87 bits per heavy atom.